The molecule has 212 valence electrons. The van der Waals surface area contributed by atoms with E-state index in [0.717, 1.165) is 36.5 Å². The van der Waals surface area contributed by atoms with E-state index < -0.39 is 8.53 Å². The number of benzene rings is 2. The Morgan fingerprint density at radius 1 is 1.20 bits per heavy atom. The van der Waals surface area contributed by atoms with Crippen LogP contribution in [0.3, 0.4) is 0 Å². The summed E-state index contributed by atoms with van der Waals surface area (Å²) in [5.74, 6) is 0.565. The average molecular weight is 587 g/mol. The number of rotatable bonds is 13. The van der Waals surface area contributed by atoms with Crippen molar-refractivity contribution in [3.8, 4) is 5.75 Å². The molecular formula is C27H32ClN6O5P. The number of esters is 1. The number of halogens is 1. The van der Waals surface area contributed by atoms with Gasteiger partial charge in [0.2, 0.25) is 5.28 Å². The van der Waals surface area contributed by atoms with Crippen molar-refractivity contribution in [3.63, 3.8) is 0 Å². The average Bonchev–Trinajstić information content (AvgIpc) is 3.56. The van der Waals surface area contributed by atoms with E-state index in [1.807, 2.05) is 42.5 Å². The molecule has 11 nitrogen and oxygen atoms in total. The second kappa shape index (κ2) is 13.5. The summed E-state index contributed by atoms with van der Waals surface area (Å²) in [6.07, 6.45) is 5.08. The lowest BCUT2D eigenvalue weighted by Gasteiger charge is -2.21. The number of unbranched alkanes of at least 4 members (excludes halogenated alkanes) is 2. The van der Waals surface area contributed by atoms with E-state index in [4.69, 9.17) is 35.9 Å². The van der Waals surface area contributed by atoms with Gasteiger partial charge in [-0.25, -0.2) is 20.0 Å². The van der Waals surface area contributed by atoms with E-state index in [-0.39, 0.29) is 42.6 Å². The number of hydrogen-bond donors (Lipinski definition) is 2. The van der Waals surface area contributed by atoms with Crippen LogP contribution in [-0.4, -0.2) is 51.4 Å². The van der Waals surface area contributed by atoms with Gasteiger partial charge in [0.15, 0.2) is 17.0 Å². The summed E-state index contributed by atoms with van der Waals surface area (Å²) in [4.78, 5) is 24.9. The van der Waals surface area contributed by atoms with Gasteiger partial charge in [0, 0.05) is 5.39 Å². The Kier molecular flexibility index (Phi) is 9.62. The van der Waals surface area contributed by atoms with Crippen molar-refractivity contribution >= 4 is 53.9 Å². The predicted molar refractivity (Wildman–Crippen MR) is 154 cm³/mol. The van der Waals surface area contributed by atoms with Gasteiger partial charge in [0.1, 0.15) is 24.8 Å². The van der Waals surface area contributed by atoms with Crippen LogP contribution in [0.2, 0.25) is 5.28 Å². The number of nitrogens with two attached hydrogens (primary N) is 1. The molecule has 1 aliphatic rings. The molecule has 2 aromatic carbocycles. The number of imidazole rings is 1. The van der Waals surface area contributed by atoms with E-state index in [0.29, 0.717) is 29.9 Å². The van der Waals surface area contributed by atoms with Gasteiger partial charge in [-0.05, 0) is 42.3 Å². The third kappa shape index (κ3) is 6.79. The van der Waals surface area contributed by atoms with Crippen LogP contribution in [-0.2, 0) is 18.8 Å². The van der Waals surface area contributed by atoms with Gasteiger partial charge in [0.05, 0.1) is 19.3 Å². The van der Waals surface area contributed by atoms with Gasteiger partial charge in [-0.3, -0.25) is 9.36 Å². The minimum atomic E-state index is -1.69. The Balaban J connectivity index is 1.23. The number of hydrogen-bond acceptors (Lipinski definition) is 10. The maximum atomic E-state index is 12.3. The van der Waals surface area contributed by atoms with Gasteiger partial charge in [-0.15, -0.1) is 0 Å². The first-order valence-electron chi connectivity index (χ1n) is 13.3. The highest BCUT2D eigenvalue weighted by atomic mass is 35.5. The van der Waals surface area contributed by atoms with E-state index in [9.17, 15) is 4.79 Å². The van der Waals surface area contributed by atoms with Crippen molar-refractivity contribution in [1.29, 1.82) is 0 Å². The Morgan fingerprint density at radius 3 is 2.92 bits per heavy atom. The van der Waals surface area contributed by atoms with Crippen LogP contribution in [0.5, 0.6) is 5.75 Å². The summed E-state index contributed by atoms with van der Waals surface area (Å²) in [6, 6.07) is 13.8. The molecular weight excluding hydrogens is 555 g/mol. The second-order valence-electron chi connectivity index (χ2n) is 9.36. The maximum absolute atomic E-state index is 12.3. The van der Waals surface area contributed by atoms with Crippen LogP contribution in [0.4, 0.5) is 5.82 Å². The van der Waals surface area contributed by atoms with Gasteiger partial charge in [-0.1, -0.05) is 56.2 Å². The molecule has 0 saturated carbocycles. The van der Waals surface area contributed by atoms with E-state index in [1.165, 1.54) is 6.33 Å². The summed E-state index contributed by atoms with van der Waals surface area (Å²) in [6.45, 7) is 2.71. The molecule has 3 atom stereocenters. The van der Waals surface area contributed by atoms with Gasteiger partial charge >= 0.3 is 14.5 Å². The number of aromatic nitrogens is 4. The number of ether oxygens (including phenoxy) is 2. The Bertz CT molecular complexity index is 1450. The van der Waals surface area contributed by atoms with Crippen LogP contribution < -0.4 is 15.3 Å². The summed E-state index contributed by atoms with van der Waals surface area (Å²) < 4.78 is 25.8. The van der Waals surface area contributed by atoms with E-state index in [1.54, 1.807) is 4.57 Å². The number of anilines is 1. The lowest BCUT2D eigenvalue weighted by molar-refractivity contribution is -0.142. The lowest BCUT2D eigenvalue weighted by atomic mass is 10.1. The first-order chi connectivity index (χ1) is 19.5. The number of carbonyl (C=O) groups is 1. The molecule has 0 radical (unpaired) electrons. The van der Waals surface area contributed by atoms with Gasteiger partial charge in [-0.2, -0.15) is 0 Å². The molecule has 1 fully saturated rings. The summed E-state index contributed by atoms with van der Waals surface area (Å²) in [5, 5.41) is 5.32. The molecule has 0 aliphatic carbocycles. The van der Waals surface area contributed by atoms with Crippen LogP contribution >= 0.6 is 20.1 Å². The molecule has 3 N–H and O–H groups in total. The molecule has 2 aromatic heterocycles. The van der Waals surface area contributed by atoms with Crippen LogP contribution in [0, 0.1) is 0 Å². The van der Waals surface area contributed by atoms with Crippen molar-refractivity contribution in [1.82, 2.24) is 24.6 Å². The second-order valence-corrected chi connectivity index (χ2v) is 11.0. The zero-order valence-electron chi connectivity index (χ0n) is 22.2. The largest absolute Gasteiger partial charge is 0.465 e. The van der Waals surface area contributed by atoms with E-state index in [2.05, 4.69) is 27.0 Å². The van der Waals surface area contributed by atoms with Crippen molar-refractivity contribution in [2.75, 3.05) is 25.5 Å². The third-order valence-electron chi connectivity index (χ3n) is 6.51. The summed E-state index contributed by atoms with van der Waals surface area (Å²) in [5.41, 5.74) is 6.89. The quantitative estimate of drug-likeness (QED) is 0.0889. The zero-order valence-corrected chi connectivity index (χ0v) is 23.8. The molecule has 3 unspecified atom stereocenters. The maximum Gasteiger partial charge on any atom is 0.320 e. The molecule has 0 amide bonds. The number of carbonyl (C=O) groups excluding carboxylic acids is 1. The van der Waals surface area contributed by atoms with Crippen molar-refractivity contribution in [2.45, 2.75) is 51.4 Å². The minimum Gasteiger partial charge on any atom is -0.465 e. The molecule has 1 aliphatic heterocycles. The SMILES string of the molecule is CCCCCOC(=O)CNP(OCC1CCC(n2c(Cl)nc3c(N)ncnc32)O1)Oc1cccc2ccccc12. The van der Waals surface area contributed by atoms with Crippen molar-refractivity contribution in [2.24, 2.45) is 0 Å². The van der Waals surface area contributed by atoms with Gasteiger partial charge < -0.3 is 24.3 Å². The van der Waals surface area contributed by atoms with Crippen LogP contribution in [0.15, 0.2) is 48.8 Å². The monoisotopic (exact) mass is 586 g/mol. The highest BCUT2D eigenvalue weighted by molar-refractivity contribution is 7.45. The van der Waals surface area contributed by atoms with Crippen LogP contribution in [0.1, 0.15) is 45.3 Å². The fourth-order valence-corrected chi connectivity index (χ4v) is 5.87. The van der Waals surface area contributed by atoms with E-state index >= 15 is 0 Å². The Morgan fingerprint density at radius 2 is 2.05 bits per heavy atom. The molecule has 1 saturated heterocycles. The molecule has 0 spiro atoms. The number of nitrogen functional groups attached to an aromatic ring is 1. The number of nitrogens with zero attached hydrogens (tertiary/aromatic N) is 4. The predicted octanol–water partition coefficient (Wildman–Crippen LogP) is 5.54. The zero-order chi connectivity index (χ0) is 27.9. The summed E-state index contributed by atoms with van der Waals surface area (Å²) >= 11 is 6.40. The molecule has 4 aromatic rings. The first-order valence-corrected chi connectivity index (χ1v) is 14.9. The summed E-state index contributed by atoms with van der Waals surface area (Å²) in [7, 11) is -1.69. The molecule has 0 bridgehead atoms. The smallest absolute Gasteiger partial charge is 0.320 e. The first kappa shape index (κ1) is 28.4. The number of fused-ring (bicyclic) bond motifs is 2. The normalized spacial score (nSPS) is 17.9. The standard InChI is InChI=1S/C27H32ClN6O5P/c1-2-3-6-14-36-23(35)15-32-40(39-21-11-7-9-18-8-4-5-10-20(18)21)37-16-19-12-13-22(38-19)34-26-24(33-27(34)28)25(29)30-17-31-26/h4-5,7-11,17,19,22,32H,2-3,6,12-16H2,1H3,(H2,29,30,31). The van der Waals surface area contributed by atoms with Crippen LogP contribution in [0.25, 0.3) is 21.9 Å². The fraction of sp³-hybridized carbons (Fsp3) is 0.407. The van der Waals surface area contributed by atoms with Crippen molar-refractivity contribution < 1.29 is 23.3 Å². The topological polar surface area (TPSA) is 136 Å². The Labute approximate surface area is 238 Å². The van der Waals surface area contributed by atoms with Gasteiger partial charge in [0.25, 0.3) is 0 Å². The molecule has 13 heteroatoms. The Hall–Kier alpha value is -3.08. The molecule has 5 rings (SSSR count). The highest BCUT2D eigenvalue weighted by Gasteiger charge is 2.31. The lowest BCUT2D eigenvalue weighted by Crippen LogP contribution is -2.25. The highest BCUT2D eigenvalue weighted by Crippen LogP contribution is 2.41. The number of nitrogens with one attached hydrogen (secondary N) is 1. The minimum absolute atomic E-state index is 0.0332. The van der Waals surface area contributed by atoms with Crippen molar-refractivity contribution in [3.05, 3.63) is 54.1 Å². The third-order valence-corrected chi connectivity index (χ3v) is 7.94. The molecule has 3 heterocycles. The molecule has 40 heavy (non-hydrogen) atoms. The fourth-order valence-electron chi connectivity index (χ4n) is 4.49.